The molecule has 0 aliphatic heterocycles. The van der Waals surface area contributed by atoms with Crippen LogP contribution in [0.15, 0.2) is 40.8 Å². The number of carbonyl (C=O) groups is 2. The number of Topliss-reactive ketones (excluding diaryl/α,β-unsaturated/α-hetero) is 2. The number of halogens is 3. The maximum absolute atomic E-state index is 13.4. The van der Waals surface area contributed by atoms with Crippen LogP contribution in [0.5, 0.6) is 0 Å². The van der Waals surface area contributed by atoms with E-state index in [0.29, 0.717) is 5.56 Å². The van der Waals surface area contributed by atoms with E-state index >= 15 is 0 Å². The summed E-state index contributed by atoms with van der Waals surface area (Å²) in [4.78, 5) is 23.3. The van der Waals surface area contributed by atoms with Crippen LogP contribution in [0.2, 0.25) is 0 Å². The molecule has 128 valence electrons. The summed E-state index contributed by atoms with van der Waals surface area (Å²) in [7, 11) is 0. The molecule has 0 saturated carbocycles. The molecule has 1 heterocycles. The van der Waals surface area contributed by atoms with E-state index < -0.39 is 24.3 Å². The van der Waals surface area contributed by atoms with Gasteiger partial charge in [-0.3, -0.25) is 9.59 Å². The summed E-state index contributed by atoms with van der Waals surface area (Å²) in [6.07, 6.45) is -5.43. The van der Waals surface area contributed by atoms with E-state index in [-0.39, 0.29) is 29.3 Å². The van der Waals surface area contributed by atoms with Gasteiger partial charge in [-0.2, -0.15) is 13.2 Å². The molecule has 0 N–H and O–H groups in total. The lowest BCUT2D eigenvalue weighted by molar-refractivity contribution is -0.153. The number of benzene rings is 1. The number of ketones is 2. The Morgan fingerprint density at radius 2 is 1.79 bits per heavy atom. The maximum Gasteiger partial charge on any atom is 0.399 e. The average molecular weight is 338 g/mol. The molecule has 0 spiro atoms. The van der Waals surface area contributed by atoms with Gasteiger partial charge in [0.2, 0.25) is 0 Å². The van der Waals surface area contributed by atoms with Crippen LogP contribution in [-0.4, -0.2) is 17.7 Å². The highest BCUT2D eigenvalue weighted by Gasteiger charge is 2.44. The van der Waals surface area contributed by atoms with Gasteiger partial charge < -0.3 is 4.42 Å². The SMILES string of the molecule is CC(=O)Cc1ccc([C@H](CC(=O)c2ccccc2C)C(F)(F)F)o1. The van der Waals surface area contributed by atoms with Gasteiger partial charge in [-0.25, -0.2) is 0 Å². The minimum Gasteiger partial charge on any atom is -0.465 e. The van der Waals surface area contributed by atoms with Crippen molar-refractivity contribution in [2.75, 3.05) is 0 Å². The van der Waals surface area contributed by atoms with E-state index in [4.69, 9.17) is 4.42 Å². The number of rotatable bonds is 6. The lowest BCUT2D eigenvalue weighted by Gasteiger charge is -2.18. The molecule has 0 amide bonds. The molecule has 0 radical (unpaired) electrons. The van der Waals surface area contributed by atoms with E-state index in [1.54, 1.807) is 25.1 Å². The van der Waals surface area contributed by atoms with Crippen molar-refractivity contribution in [3.05, 3.63) is 59.0 Å². The first-order valence-corrected chi connectivity index (χ1v) is 7.42. The Morgan fingerprint density at radius 3 is 2.38 bits per heavy atom. The molecule has 0 aliphatic rings. The predicted molar refractivity (Wildman–Crippen MR) is 82.0 cm³/mol. The second kappa shape index (κ2) is 7.03. The van der Waals surface area contributed by atoms with Gasteiger partial charge in [0.1, 0.15) is 23.2 Å². The second-order valence-corrected chi connectivity index (χ2v) is 5.72. The second-order valence-electron chi connectivity index (χ2n) is 5.72. The predicted octanol–water partition coefficient (Wildman–Crippen LogP) is 4.64. The number of carbonyl (C=O) groups excluding carboxylic acids is 2. The smallest absolute Gasteiger partial charge is 0.399 e. The molecule has 1 atom stereocenters. The van der Waals surface area contributed by atoms with Crippen molar-refractivity contribution in [3.63, 3.8) is 0 Å². The molecule has 2 aromatic rings. The molecule has 0 bridgehead atoms. The monoisotopic (exact) mass is 338 g/mol. The Balaban J connectivity index is 2.27. The third-order valence-electron chi connectivity index (χ3n) is 3.68. The van der Waals surface area contributed by atoms with Crippen molar-refractivity contribution in [1.29, 1.82) is 0 Å². The highest BCUT2D eigenvalue weighted by Crippen LogP contribution is 2.39. The van der Waals surface area contributed by atoms with Crippen molar-refractivity contribution >= 4 is 11.6 Å². The lowest BCUT2D eigenvalue weighted by atomic mass is 9.93. The standard InChI is InChI=1S/C18H17F3O3/c1-11-5-3-4-6-14(11)16(23)10-15(18(19,20)21)17-8-7-13(24-17)9-12(2)22/h3-8,15H,9-10H2,1-2H3/t15-/m0/s1. The summed E-state index contributed by atoms with van der Waals surface area (Å²) < 4.78 is 45.3. The Bertz CT molecular complexity index is 744. The quantitative estimate of drug-likeness (QED) is 0.721. The van der Waals surface area contributed by atoms with Crippen molar-refractivity contribution in [2.45, 2.75) is 38.8 Å². The first-order chi connectivity index (χ1) is 11.2. The van der Waals surface area contributed by atoms with Gasteiger partial charge in [-0.05, 0) is 31.5 Å². The van der Waals surface area contributed by atoms with Crippen LogP contribution < -0.4 is 0 Å². The number of hydrogen-bond donors (Lipinski definition) is 0. The molecule has 3 nitrogen and oxygen atoms in total. The Kier molecular flexibility index (Phi) is 5.26. The molecule has 0 unspecified atom stereocenters. The Hall–Kier alpha value is -2.37. The molecule has 0 aliphatic carbocycles. The lowest BCUT2D eigenvalue weighted by Crippen LogP contribution is -2.23. The third-order valence-corrected chi connectivity index (χ3v) is 3.68. The minimum absolute atomic E-state index is 0.0731. The van der Waals surface area contributed by atoms with Crippen LogP contribution in [0.4, 0.5) is 13.2 Å². The average Bonchev–Trinajstić information content (AvgIpc) is 2.90. The number of alkyl halides is 3. The van der Waals surface area contributed by atoms with E-state index in [2.05, 4.69) is 0 Å². The minimum atomic E-state index is -4.62. The van der Waals surface area contributed by atoms with Crippen LogP contribution in [0, 0.1) is 6.92 Å². The van der Waals surface area contributed by atoms with Crippen molar-refractivity contribution in [1.82, 2.24) is 0 Å². The summed E-state index contributed by atoms with van der Waals surface area (Å²) in [5.74, 6) is -3.03. The summed E-state index contributed by atoms with van der Waals surface area (Å²) >= 11 is 0. The molecule has 1 aromatic carbocycles. The molecule has 6 heteroatoms. The van der Waals surface area contributed by atoms with Gasteiger partial charge in [-0.1, -0.05) is 24.3 Å². The fraction of sp³-hybridized carbons (Fsp3) is 0.333. The van der Waals surface area contributed by atoms with E-state index in [1.807, 2.05) is 0 Å². The van der Waals surface area contributed by atoms with Gasteiger partial charge in [0.05, 0.1) is 6.42 Å². The van der Waals surface area contributed by atoms with Gasteiger partial charge >= 0.3 is 6.18 Å². The number of aryl methyl sites for hydroxylation is 1. The summed E-state index contributed by atoms with van der Waals surface area (Å²) in [6.45, 7) is 3.00. The van der Waals surface area contributed by atoms with Crippen LogP contribution in [0.3, 0.4) is 0 Å². The molecule has 1 aromatic heterocycles. The van der Waals surface area contributed by atoms with E-state index in [0.717, 1.165) is 0 Å². The molecule has 0 saturated heterocycles. The highest BCUT2D eigenvalue weighted by molar-refractivity contribution is 5.97. The van der Waals surface area contributed by atoms with Crippen molar-refractivity contribution < 1.29 is 27.2 Å². The normalized spacial score (nSPS) is 12.9. The van der Waals surface area contributed by atoms with Gasteiger partial charge in [0, 0.05) is 12.0 Å². The Labute approximate surface area is 137 Å². The van der Waals surface area contributed by atoms with Gasteiger partial charge in [0.25, 0.3) is 0 Å². The van der Waals surface area contributed by atoms with Crippen LogP contribution in [0.25, 0.3) is 0 Å². The topological polar surface area (TPSA) is 47.3 Å². The fourth-order valence-corrected chi connectivity index (χ4v) is 2.48. The first-order valence-electron chi connectivity index (χ1n) is 7.42. The van der Waals surface area contributed by atoms with Crippen molar-refractivity contribution in [2.24, 2.45) is 0 Å². The molecule has 2 rings (SSSR count). The van der Waals surface area contributed by atoms with E-state index in [1.165, 1.54) is 25.1 Å². The zero-order chi connectivity index (χ0) is 17.9. The summed E-state index contributed by atoms with van der Waals surface area (Å²) in [6, 6.07) is 9.03. The fourth-order valence-electron chi connectivity index (χ4n) is 2.48. The molecule has 0 fully saturated rings. The van der Waals surface area contributed by atoms with Crippen molar-refractivity contribution in [3.8, 4) is 0 Å². The number of furan rings is 1. The van der Waals surface area contributed by atoms with Crippen LogP contribution in [0.1, 0.15) is 46.7 Å². The first kappa shape index (κ1) is 18.0. The van der Waals surface area contributed by atoms with Gasteiger partial charge in [0.15, 0.2) is 5.78 Å². The molecule has 24 heavy (non-hydrogen) atoms. The Morgan fingerprint density at radius 1 is 1.12 bits per heavy atom. The molecular weight excluding hydrogens is 321 g/mol. The van der Waals surface area contributed by atoms with E-state index in [9.17, 15) is 22.8 Å². The van der Waals surface area contributed by atoms with Crippen LogP contribution in [-0.2, 0) is 11.2 Å². The molecular formula is C18H17F3O3. The summed E-state index contributed by atoms with van der Waals surface area (Å²) in [5, 5.41) is 0. The van der Waals surface area contributed by atoms with Gasteiger partial charge in [-0.15, -0.1) is 0 Å². The largest absolute Gasteiger partial charge is 0.465 e. The zero-order valence-electron chi connectivity index (χ0n) is 13.3. The summed E-state index contributed by atoms with van der Waals surface area (Å²) in [5.41, 5.74) is 0.891. The van der Waals surface area contributed by atoms with Crippen LogP contribution >= 0.6 is 0 Å². The highest BCUT2D eigenvalue weighted by atomic mass is 19.4. The third kappa shape index (κ3) is 4.34. The zero-order valence-corrected chi connectivity index (χ0v) is 13.3. The number of hydrogen-bond acceptors (Lipinski definition) is 3. The maximum atomic E-state index is 13.4.